The van der Waals surface area contributed by atoms with E-state index in [1.54, 1.807) is 6.92 Å². The van der Waals surface area contributed by atoms with Crippen molar-refractivity contribution in [2.75, 3.05) is 11.4 Å². The van der Waals surface area contributed by atoms with Crippen molar-refractivity contribution in [3.8, 4) is 0 Å². The Morgan fingerprint density at radius 1 is 1.41 bits per heavy atom. The molecule has 1 aliphatic carbocycles. The molecule has 0 radical (unpaired) electrons. The van der Waals surface area contributed by atoms with Crippen molar-refractivity contribution < 1.29 is 13.2 Å². The SMILES string of the molecule is Cc1c(Cl)ncnc1N(CC(F)(F)F)C1CC1. The van der Waals surface area contributed by atoms with Gasteiger partial charge in [0.2, 0.25) is 0 Å². The molecule has 0 aromatic carbocycles. The highest BCUT2D eigenvalue weighted by Crippen LogP contribution is 2.35. The first-order chi connectivity index (χ1) is 7.88. The molecule has 1 saturated carbocycles. The molecule has 1 heterocycles. The summed E-state index contributed by atoms with van der Waals surface area (Å²) in [6.07, 6.45) is -1.53. The fourth-order valence-electron chi connectivity index (χ4n) is 1.67. The summed E-state index contributed by atoms with van der Waals surface area (Å²) in [5, 5.41) is 0.197. The smallest absolute Gasteiger partial charge is 0.344 e. The molecule has 0 atom stereocenters. The van der Waals surface area contributed by atoms with E-state index in [2.05, 4.69) is 9.97 Å². The minimum Gasteiger partial charge on any atom is -0.344 e. The molecule has 0 bridgehead atoms. The van der Waals surface area contributed by atoms with E-state index >= 15 is 0 Å². The maximum Gasteiger partial charge on any atom is 0.405 e. The molecule has 94 valence electrons. The van der Waals surface area contributed by atoms with Gasteiger partial charge in [0, 0.05) is 11.6 Å². The number of hydrogen-bond donors (Lipinski definition) is 0. The molecule has 0 amide bonds. The number of aromatic nitrogens is 2. The second-order valence-electron chi connectivity index (χ2n) is 4.09. The topological polar surface area (TPSA) is 29.0 Å². The van der Waals surface area contributed by atoms with Crippen LogP contribution in [-0.4, -0.2) is 28.7 Å². The Labute approximate surface area is 102 Å². The lowest BCUT2D eigenvalue weighted by atomic mass is 10.3. The molecule has 0 N–H and O–H groups in total. The van der Waals surface area contributed by atoms with Crippen molar-refractivity contribution in [2.24, 2.45) is 0 Å². The van der Waals surface area contributed by atoms with Crippen molar-refractivity contribution in [3.63, 3.8) is 0 Å². The van der Waals surface area contributed by atoms with Crippen LogP contribution in [0.25, 0.3) is 0 Å². The Balaban J connectivity index is 2.29. The van der Waals surface area contributed by atoms with E-state index in [-0.39, 0.29) is 17.0 Å². The molecular weight excluding hydrogens is 255 g/mol. The third kappa shape index (κ3) is 3.00. The van der Waals surface area contributed by atoms with E-state index < -0.39 is 12.7 Å². The maximum absolute atomic E-state index is 12.5. The van der Waals surface area contributed by atoms with Crippen LogP contribution in [0, 0.1) is 6.92 Å². The zero-order valence-electron chi connectivity index (χ0n) is 9.13. The summed E-state index contributed by atoms with van der Waals surface area (Å²) in [6, 6.07) is -0.0821. The van der Waals surface area contributed by atoms with E-state index in [1.165, 1.54) is 11.2 Å². The van der Waals surface area contributed by atoms with Gasteiger partial charge in [-0.05, 0) is 19.8 Å². The molecule has 3 nitrogen and oxygen atoms in total. The molecule has 0 spiro atoms. The van der Waals surface area contributed by atoms with E-state index in [1.807, 2.05) is 0 Å². The molecule has 1 aromatic heterocycles. The van der Waals surface area contributed by atoms with Gasteiger partial charge in [-0.1, -0.05) is 11.6 Å². The minimum atomic E-state index is -4.24. The van der Waals surface area contributed by atoms with Gasteiger partial charge in [-0.3, -0.25) is 0 Å². The number of halogens is 4. The third-order valence-electron chi connectivity index (χ3n) is 2.61. The van der Waals surface area contributed by atoms with Gasteiger partial charge >= 0.3 is 6.18 Å². The first-order valence-electron chi connectivity index (χ1n) is 5.19. The monoisotopic (exact) mass is 265 g/mol. The summed E-state index contributed by atoms with van der Waals surface area (Å²) in [6.45, 7) is 0.634. The van der Waals surface area contributed by atoms with Crippen molar-refractivity contribution >= 4 is 17.4 Å². The van der Waals surface area contributed by atoms with Gasteiger partial charge < -0.3 is 4.90 Å². The van der Waals surface area contributed by atoms with Gasteiger partial charge in [0.1, 0.15) is 23.8 Å². The molecule has 0 unspecified atom stereocenters. The van der Waals surface area contributed by atoms with Crippen molar-refractivity contribution in [1.82, 2.24) is 9.97 Å². The lowest BCUT2D eigenvalue weighted by Crippen LogP contribution is -2.37. The molecule has 17 heavy (non-hydrogen) atoms. The molecule has 0 aliphatic heterocycles. The standard InChI is InChI=1S/C10H11ClF3N3/c1-6-8(11)15-5-16-9(6)17(7-2-3-7)4-10(12,13)14/h5,7H,2-4H2,1H3. The molecule has 7 heteroatoms. The Morgan fingerprint density at radius 3 is 2.59 bits per heavy atom. The first kappa shape index (κ1) is 12.4. The second kappa shape index (κ2) is 4.33. The van der Waals surface area contributed by atoms with Gasteiger partial charge in [-0.25, -0.2) is 9.97 Å². The summed E-state index contributed by atoms with van der Waals surface area (Å²) in [7, 11) is 0. The predicted molar refractivity (Wildman–Crippen MR) is 58.2 cm³/mol. The molecular formula is C10H11ClF3N3. The highest BCUT2D eigenvalue weighted by Gasteiger charge is 2.39. The summed E-state index contributed by atoms with van der Waals surface area (Å²) in [4.78, 5) is 8.93. The highest BCUT2D eigenvalue weighted by molar-refractivity contribution is 6.30. The van der Waals surface area contributed by atoms with Gasteiger partial charge in [-0.2, -0.15) is 13.2 Å². The normalized spacial score (nSPS) is 16.1. The maximum atomic E-state index is 12.5. The molecule has 1 fully saturated rings. The van der Waals surface area contributed by atoms with Gasteiger partial charge in [0.25, 0.3) is 0 Å². The Bertz CT molecular complexity index is 418. The molecule has 1 aliphatic rings. The van der Waals surface area contributed by atoms with Crippen LogP contribution in [-0.2, 0) is 0 Å². The van der Waals surface area contributed by atoms with Crippen molar-refractivity contribution in [3.05, 3.63) is 17.0 Å². The average molecular weight is 266 g/mol. The number of alkyl halides is 3. The Hall–Kier alpha value is -1.04. The summed E-state index contributed by atoms with van der Waals surface area (Å²) >= 11 is 5.80. The van der Waals surface area contributed by atoms with Gasteiger partial charge in [0.15, 0.2) is 0 Å². The summed E-state index contributed by atoms with van der Waals surface area (Å²) < 4.78 is 37.5. The zero-order chi connectivity index (χ0) is 12.6. The van der Waals surface area contributed by atoms with Crippen LogP contribution in [0.3, 0.4) is 0 Å². The minimum absolute atomic E-state index is 0.0821. The third-order valence-corrected chi connectivity index (χ3v) is 2.99. The first-order valence-corrected chi connectivity index (χ1v) is 5.57. The van der Waals surface area contributed by atoms with E-state index in [0.717, 1.165) is 12.8 Å². The van der Waals surface area contributed by atoms with Crippen LogP contribution >= 0.6 is 11.6 Å². The van der Waals surface area contributed by atoms with Crippen molar-refractivity contribution in [2.45, 2.75) is 32.0 Å². The Kier molecular flexibility index (Phi) is 3.16. The lowest BCUT2D eigenvalue weighted by molar-refractivity contribution is -0.120. The van der Waals surface area contributed by atoms with Crippen LogP contribution in [0.1, 0.15) is 18.4 Å². The molecule has 0 saturated heterocycles. The number of rotatable bonds is 3. The van der Waals surface area contributed by atoms with E-state index in [9.17, 15) is 13.2 Å². The zero-order valence-corrected chi connectivity index (χ0v) is 9.89. The average Bonchev–Trinajstić information content (AvgIpc) is 3.01. The van der Waals surface area contributed by atoms with Crippen LogP contribution in [0.4, 0.5) is 19.0 Å². The summed E-state index contributed by atoms with van der Waals surface area (Å²) in [5.41, 5.74) is 0.491. The largest absolute Gasteiger partial charge is 0.405 e. The fourth-order valence-corrected chi connectivity index (χ4v) is 1.79. The van der Waals surface area contributed by atoms with Crippen LogP contribution in [0.2, 0.25) is 5.15 Å². The van der Waals surface area contributed by atoms with Gasteiger partial charge in [0.05, 0.1) is 0 Å². The fraction of sp³-hybridized carbons (Fsp3) is 0.600. The van der Waals surface area contributed by atoms with Gasteiger partial charge in [-0.15, -0.1) is 0 Å². The predicted octanol–water partition coefficient (Wildman–Crippen LogP) is 2.97. The quantitative estimate of drug-likeness (QED) is 0.787. The highest BCUT2D eigenvalue weighted by atomic mass is 35.5. The Morgan fingerprint density at radius 2 is 2.06 bits per heavy atom. The second-order valence-corrected chi connectivity index (χ2v) is 4.45. The van der Waals surface area contributed by atoms with Crippen LogP contribution < -0.4 is 4.90 Å². The summed E-state index contributed by atoms with van der Waals surface area (Å²) in [5.74, 6) is 0.282. The molecule has 1 aromatic rings. The number of anilines is 1. The number of nitrogens with zero attached hydrogens (tertiary/aromatic N) is 3. The van der Waals surface area contributed by atoms with Crippen LogP contribution in [0.5, 0.6) is 0 Å². The van der Waals surface area contributed by atoms with E-state index in [4.69, 9.17) is 11.6 Å². The van der Waals surface area contributed by atoms with E-state index in [0.29, 0.717) is 5.56 Å². The molecule has 2 rings (SSSR count). The lowest BCUT2D eigenvalue weighted by Gasteiger charge is -2.26. The number of hydrogen-bond acceptors (Lipinski definition) is 3. The van der Waals surface area contributed by atoms with Crippen molar-refractivity contribution in [1.29, 1.82) is 0 Å². The van der Waals surface area contributed by atoms with Crippen LogP contribution in [0.15, 0.2) is 6.33 Å².